The Bertz CT molecular complexity index is 394. The van der Waals surface area contributed by atoms with E-state index in [2.05, 4.69) is 19.1 Å². The monoisotopic (exact) mass is 322 g/mol. The summed E-state index contributed by atoms with van der Waals surface area (Å²) in [5, 5.41) is 17.6. The number of unbranched alkanes of at least 4 members (excludes halogenated alkanes) is 3. The maximum atomic E-state index is 11.3. The highest BCUT2D eigenvalue weighted by molar-refractivity contribution is 5.69. The third kappa shape index (κ3) is 16.5. The second kappa shape index (κ2) is 16.7. The van der Waals surface area contributed by atoms with Crippen LogP contribution in [0.15, 0.2) is 48.6 Å². The molecule has 4 heteroatoms. The van der Waals surface area contributed by atoms with Crippen LogP contribution in [-0.4, -0.2) is 35.5 Å². The summed E-state index contributed by atoms with van der Waals surface area (Å²) in [6, 6.07) is 0. The summed E-state index contributed by atoms with van der Waals surface area (Å²) in [7, 11) is 0. The first kappa shape index (κ1) is 21.4. The summed E-state index contributed by atoms with van der Waals surface area (Å²) in [6.07, 6.45) is 20.5. The Hall–Kier alpha value is -1.65. The zero-order chi connectivity index (χ0) is 17.2. The maximum absolute atomic E-state index is 11.3. The van der Waals surface area contributed by atoms with Crippen LogP contribution >= 0.6 is 0 Å². The van der Waals surface area contributed by atoms with E-state index >= 15 is 0 Å². The zero-order valence-corrected chi connectivity index (χ0v) is 14.1. The molecule has 23 heavy (non-hydrogen) atoms. The third-order valence-electron chi connectivity index (χ3n) is 2.96. The molecule has 0 saturated carbocycles. The van der Waals surface area contributed by atoms with Crippen LogP contribution < -0.4 is 0 Å². The summed E-state index contributed by atoms with van der Waals surface area (Å²) in [5.74, 6) is -0.320. The number of aliphatic hydroxyl groups is 2. The lowest BCUT2D eigenvalue weighted by molar-refractivity contribution is -0.147. The van der Waals surface area contributed by atoms with Gasteiger partial charge in [0.15, 0.2) is 0 Å². The first-order valence-electron chi connectivity index (χ1n) is 8.30. The fourth-order valence-corrected chi connectivity index (χ4v) is 1.67. The number of esters is 1. The van der Waals surface area contributed by atoms with Crippen LogP contribution in [0, 0.1) is 0 Å². The standard InChI is InChI=1S/C19H30O4/c1-2-3-4-5-6-7-8-9-10-11-12-13-14-15-19(22)23-17-18(21)16-20/h3-10,18,20-21H,2,11-17H2,1H3/b4-3+,6-5+,8-7+,10-9+. The average Bonchev–Trinajstić information content (AvgIpc) is 2.56. The first-order chi connectivity index (χ1) is 11.2. The zero-order valence-electron chi connectivity index (χ0n) is 14.1. The van der Waals surface area contributed by atoms with Crippen LogP contribution in [0.2, 0.25) is 0 Å². The number of hydrogen-bond acceptors (Lipinski definition) is 4. The summed E-state index contributed by atoms with van der Waals surface area (Å²) in [5.41, 5.74) is 0. The number of ether oxygens (including phenoxy) is 1. The molecule has 0 aliphatic heterocycles. The number of hydrogen-bond donors (Lipinski definition) is 2. The van der Waals surface area contributed by atoms with Gasteiger partial charge in [0.05, 0.1) is 6.61 Å². The minimum atomic E-state index is -0.977. The summed E-state index contributed by atoms with van der Waals surface area (Å²) in [4.78, 5) is 11.3. The van der Waals surface area contributed by atoms with E-state index in [1.54, 1.807) is 0 Å². The second-order valence-electron chi connectivity index (χ2n) is 5.15. The van der Waals surface area contributed by atoms with Crippen molar-refractivity contribution in [2.45, 2.75) is 51.6 Å². The lowest BCUT2D eigenvalue weighted by Crippen LogP contribution is -2.21. The van der Waals surface area contributed by atoms with Crippen molar-refractivity contribution >= 4 is 5.97 Å². The van der Waals surface area contributed by atoms with Gasteiger partial charge in [-0.15, -0.1) is 0 Å². The molecule has 0 aliphatic carbocycles. The lowest BCUT2D eigenvalue weighted by atomic mass is 10.1. The maximum Gasteiger partial charge on any atom is 0.305 e. The van der Waals surface area contributed by atoms with Crippen molar-refractivity contribution in [3.8, 4) is 0 Å². The van der Waals surface area contributed by atoms with Gasteiger partial charge in [0.25, 0.3) is 0 Å². The van der Waals surface area contributed by atoms with Crippen LogP contribution in [0.3, 0.4) is 0 Å². The van der Waals surface area contributed by atoms with Crippen molar-refractivity contribution < 1.29 is 19.7 Å². The molecule has 0 aliphatic rings. The molecule has 2 N–H and O–H groups in total. The van der Waals surface area contributed by atoms with E-state index in [0.717, 1.165) is 32.1 Å². The van der Waals surface area contributed by atoms with Crippen molar-refractivity contribution in [1.29, 1.82) is 0 Å². The molecule has 1 unspecified atom stereocenters. The molecule has 0 aromatic carbocycles. The molecule has 0 radical (unpaired) electrons. The summed E-state index contributed by atoms with van der Waals surface area (Å²) < 4.78 is 4.82. The van der Waals surface area contributed by atoms with Gasteiger partial charge in [0.1, 0.15) is 12.7 Å². The van der Waals surface area contributed by atoms with E-state index in [1.165, 1.54) is 0 Å². The second-order valence-corrected chi connectivity index (χ2v) is 5.15. The van der Waals surface area contributed by atoms with Crippen molar-refractivity contribution in [3.63, 3.8) is 0 Å². The molecule has 0 aromatic rings. The van der Waals surface area contributed by atoms with Crippen LogP contribution in [0.4, 0.5) is 0 Å². The molecule has 0 rings (SSSR count). The molecule has 0 heterocycles. The number of carbonyl (C=O) groups is 1. The molecule has 4 nitrogen and oxygen atoms in total. The number of allylic oxidation sites excluding steroid dienone is 8. The van der Waals surface area contributed by atoms with Crippen LogP contribution in [0.25, 0.3) is 0 Å². The number of carbonyl (C=O) groups excluding carboxylic acids is 1. The summed E-state index contributed by atoms with van der Waals surface area (Å²) in [6.45, 7) is 1.58. The van der Waals surface area contributed by atoms with Crippen molar-refractivity contribution in [3.05, 3.63) is 48.6 Å². The van der Waals surface area contributed by atoms with Crippen molar-refractivity contribution in [1.82, 2.24) is 0 Å². The van der Waals surface area contributed by atoms with Gasteiger partial charge >= 0.3 is 5.97 Å². The highest BCUT2D eigenvalue weighted by Gasteiger charge is 2.06. The Kier molecular flexibility index (Phi) is 15.5. The fraction of sp³-hybridized carbons (Fsp3) is 0.526. The molecule has 0 fully saturated rings. The molecule has 0 aromatic heterocycles. The van der Waals surface area contributed by atoms with Gasteiger partial charge in [-0.05, 0) is 25.7 Å². The molecule has 0 spiro atoms. The van der Waals surface area contributed by atoms with Crippen molar-refractivity contribution in [2.24, 2.45) is 0 Å². The van der Waals surface area contributed by atoms with E-state index < -0.39 is 6.10 Å². The Balaban J connectivity index is 3.49. The molecule has 0 saturated heterocycles. The van der Waals surface area contributed by atoms with Crippen LogP contribution in [0.1, 0.15) is 45.4 Å². The largest absolute Gasteiger partial charge is 0.463 e. The van der Waals surface area contributed by atoms with Gasteiger partial charge in [0, 0.05) is 6.42 Å². The van der Waals surface area contributed by atoms with Gasteiger partial charge in [-0.3, -0.25) is 4.79 Å². The molecular weight excluding hydrogens is 292 g/mol. The van der Waals surface area contributed by atoms with Gasteiger partial charge in [-0.2, -0.15) is 0 Å². The normalized spacial score (nSPS) is 13.7. The van der Waals surface area contributed by atoms with E-state index in [1.807, 2.05) is 36.5 Å². The average molecular weight is 322 g/mol. The Labute approximate surface area is 139 Å². The highest BCUT2D eigenvalue weighted by atomic mass is 16.5. The molecule has 0 bridgehead atoms. The van der Waals surface area contributed by atoms with Gasteiger partial charge < -0.3 is 14.9 Å². The smallest absolute Gasteiger partial charge is 0.305 e. The fourth-order valence-electron chi connectivity index (χ4n) is 1.67. The Morgan fingerprint density at radius 1 is 1.00 bits per heavy atom. The minimum Gasteiger partial charge on any atom is -0.463 e. The minimum absolute atomic E-state index is 0.132. The Morgan fingerprint density at radius 3 is 2.30 bits per heavy atom. The van der Waals surface area contributed by atoms with E-state index in [9.17, 15) is 4.79 Å². The van der Waals surface area contributed by atoms with Gasteiger partial charge in [0.2, 0.25) is 0 Å². The third-order valence-corrected chi connectivity index (χ3v) is 2.96. The van der Waals surface area contributed by atoms with Gasteiger partial charge in [-0.25, -0.2) is 0 Å². The number of aliphatic hydroxyl groups excluding tert-OH is 2. The molecule has 130 valence electrons. The van der Waals surface area contributed by atoms with E-state index in [-0.39, 0.29) is 19.2 Å². The predicted octanol–water partition coefficient (Wildman–Crippen LogP) is 3.47. The Morgan fingerprint density at radius 2 is 1.65 bits per heavy atom. The quantitative estimate of drug-likeness (QED) is 0.309. The topological polar surface area (TPSA) is 66.8 Å². The van der Waals surface area contributed by atoms with Gasteiger partial charge in [-0.1, -0.05) is 62.0 Å². The van der Waals surface area contributed by atoms with E-state index in [4.69, 9.17) is 14.9 Å². The highest BCUT2D eigenvalue weighted by Crippen LogP contribution is 2.05. The molecule has 1 atom stereocenters. The van der Waals surface area contributed by atoms with E-state index in [0.29, 0.717) is 6.42 Å². The lowest BCUT2D eigenvalue weighted by Gasteiger charge is -2.08. The first-order valence-corrected chi connectivity index (χ1v) is 8.30. The summed E-state index contributed by atoms with van der Waals surface area (Å²) >= 11 is 0. The van der Waals surface area contributed by atoms with Crippen LogP contribution in [-0.2, 0) is 9.53 Å². The molecule has 0 amide bonds. The number of rotatable bonds is 13. The predicted molar refractivity (Wildman–Crippen MR) is 94.0 cm³/mol. The SMILES string of the molecule is CC/C=C/C=C/C=C/C=C/CCCCCC(=O)OCC(O)CO. The van der Waals surface area contributed by atoms with Crippen LogP contribution in [0.5, 0.6) is 0 Å². The molecular formula is C19H30O4. The van der Waals surface area contributed by atoms with Crippen molar-refractivity contribution in [2.75, 3.05) is 13.2 Å².